The highest BCUT2D eigenvalue weighted by Gasteiger charge is 2.32. The summed E-state index contributed by atoms with van der Waals surface area (Å²) in [5.41, 5.74) is 4.79. The second-order valence-electron chi connectivity index (χ2n) is 4.71. The zero-order valence-corrected chi connectivity index (χ0v) is 10.8. The fourth-order valence-corrected chi connectivity index (χ4v) is 3.93. The summed E-state index contributed by atoms with van der Waals surface area (Å²) >= 11 is 1.73. The maximum atomic E-state index is 4.55. The lowest BCUT2D eigenvalue weighted by molar-refractivity contribution is -0.671. The molecule has 5 rings (SSSR count). The molecule has 0 bridgehead atoms. The zero-order chi connectivity index (χ0) is 12.4. The van der Waals surface area contributed by atoms with Crippen molar-refractivity contribution in [2.45, 2.75) is 6.54 Å². The first kappa shape index (κ1) is 9.63. The predicted molar refractivity (Wildman–Crippen MR) is 73.1 cm³/mol. The predicted octanol–water partition coefficient (Wildman–Crippen LogP) is 2.26. The van der Waals surface area contributed by atoms with Gasteiger partial charge in [0.25, 0.3) is 6.33 Å². The average molecular weight is 265 g/mol. The van der Waals surface area contributed by atoms with Gasteiger partial charge in [-0.2, -0.15) is 4.40 Å². The van der Waals surface area contributed by atoms with Crippen LogP contribution in [0.15, 0.2) is 43.0 Å². The van der Waals surface area contributed by atoms with E-state index in [2.05, 4.69) is 37.4 Å². The minimum atomic E-state index is 0.911. The maximum Gasteiger partial charge on any atom is 0.251 e. The van der Waals surface area contributed by atoms with Crippen molar-refractivity contribution in [1.82, 2.24) is 14.4 Å². The topological polar surface area (TPSA) is 34.1 Å². The maximum absolute atomic E-state index is 4.55. The Balaban J connectivity index is 1.97. The summed E-state index contributed by atoms with van der Waals surface area (Å²) in [7, 11) is 0. The largest absolute Gasteiger partial charge is 0.252 e. The van der Waals surface area contributed by atoms with E-state index in [4.69, 9.17) is 0 Å². The number of aromatic nitrogens is 4. The smallest absolute Gasteiger partial charge is 0.251 e. The summed E-state index contributed by atoms with van der Waals surface area (Å²) in [4.78, 5) is 11.3. The van der Waals surface area contributed by atoms with Crippen molar-refractivity contribution in [3.05, 3.63) is 48.5 Å². The Morgan fingerprint density at radius 1 is 1.16 bits per heavy atom. The Hall–Kier alpha value is -2.27. The van der Waals surface area contributed by atoms with Gasteiger partial charge in [0.2, 0.25) is 10.5 Å². The molecule has 0 spiro atoms. The van der Waals surface area contributed by atoms with Gasteiger partial charge in [0.05, 0.1) is 0 Å². The Morgan fingerprint density at radius 3 is 3.05 bits per heavy atom. The van der Waals surface area contributed by atoms with Gasteiger partial charge < -0.3 is 0 Å². The standard InChI is InChI=1S/C14H9N4S/c1-3-9-7-17-8-18-10-4-2-6-16-13(10)19-14(18)12(17)11(9)15-5-1/h1-6,8H,7H2/q+1. The van der Waals surface area contributed by atoms with Crippen molar-refractivity contribution in [2.24, 2.45) is 0 Å². The molecule has 0 aliphatic carbocycles. The van der Waals surface area contributed by atoms with Crippen molar-refractivity contribution >= 4 is 26.5 Å². The normalized spacial score (nSPS) is 13.1. The summed E-state index contributed by atoms with van der Waals surface area (Å²) in [6, 6.07) is 8.25. The van der Waals surface area contributed by atoms with Gasteiger partial charge in [0, 0.05) is 18.0 Å². The molecule has 0 amide bonds. The Bertz CT molecular complexity index is 951. The van der Waals surface area contributed by atoms with Gasteiger partial charge in [-0.15, -0.1) is 0 Å². The molecule has 4 aromatic heterocycles. The highest BCUT2D eigenvalue weighted by atomic mass is 32.1. The SMILES string of the molecule is c1cnc2c(c1)C[n+]1cn3c(sc4ncccc43)c1-2. The molecule has 1 aliphatic rings. The van der Waals surface area contributed by atoms with E-state index >= 15 is 0 Å². The van der Waals surface area contributed by atoms with Crippen molar-refractivity contribution < 1.29 is 4.57 Å². The summed E-state index contributed by atoms with van der Waals surface area (Å²) in [5, 5.41) is 0. The van der Waals surface area contributed by atoms with Crippen LogP contribution in [0.2, 0.25) is 0 Å². The van der Waals surface area contributed by atoms with Gasteiger partial charge in [-0.3, -0.25) is 4.98 Å². The molecule has 0 N–H and O–H groups in total. The van der Waals surface area contributed by atoms with Crippen molar-refractivity contribution in [3.63, 3.8) is 0 Å². The van der Waals surface area contributed by atoms with Crippen LogP contribution in [0.25, 0.3) is 26.6 Å². The lowest BCUT2D eigenvalue weighted by atomic mass is 10.2. The van der Waals surface area contributed by atoms with Crippen molar-refractivity contribution in [2.75, 3.05) is 0 Å². The van der Waals surface area contributed by atoms with Crippen LogP contribution < -0.4 is 4.57 Å². The second-order valence-corrected chi connectivity index (χ2v) is 5.69. The molecule has 0 atom stereocenters. The fourth-order valence-electron chi connectivity index (χ4n) is 2.81. The highest BCUT2D eigenvalue weighted by Crippen LogP contribution is 2.34. The molecule has 0 unspecified atom stereocenters. The molecule has 4 nitrogen and oxygen atoms in total. The van der Waals surface area contributed by atoms with Gasteiger partial charge in [-0.05, 0) is 18.2 Å². The second kappa shape index (κ2) is 3.19. The minimum Gasteiger partial charge on any atom is -0.252 e. The molecule has 0 fully saturated rings. The first-order valence-corrected chi connectivity index (χ1v) is 6.96. The highest BCUT2D eigenvalue weighted by molar-refractivity contribution is 7.24. The number of hydrogen-bond acceptors (Lipinski definition) is 3. The fraction of sp³-hybridized carbons (Fsp3) is 0.0714. The van der Waals surface area contributed by atoms with E-state index < -0.39 is 0 Å². The van der Waals surface area contributed by atoms with E-state index in [1.807, 2.05) is 24.5 Å². The van der Waals surface area contributed by atoms with Crippen LogP contribution in [0.4, 0.5) is 0 Å². The van der Waals surface area contributed by atoms with Crippen LogP contribution >= 0.6 is 11.3 Å². The van der Waals surface area contributed by atoms with E-state index in [1.54, 1.807) is 11.3 Å². The van der Waals surface area contributed by atoms with Gasteiger partial charge in [0.15, 0.2) is 10.3 Å². The molecule has 0 saturated heterocycles. The lowest BCUT2D eigenvalue weighted by Gasteiger charge is -1.91. The van der Waals surface area contributed by atoms with Crippen molar-refractivity contribution in [1.29, 1.82) is 0 Å². The minimum absolute atomic E-state index is 0.911. The third kappa shape index (κ3) is 1.11. The van der Waals surface area contributed by atoms with E-state index in [9.17, 15) is 0 Å². The molecule has 1 aliphatic heterocycles. The zero-order valence-electron chi connectivity index (χ0n) is 9.95. The molecular formula is C14H9N4S+. The third-order valence-electron chi connectivity index (χ3n) is 3.62. The Kier molecular flexibility index (Phi) is 1.62. The number of rotatable bonds is 0. The number of nitrogens with zero attached hydrogens (tertiary/aromatic N) is 4. The van der Waals surface area contributed by atoms with Crippen LogP contribution in [0.1, 0.15) is 5.56 Å². The van der Waals surface area contributed by atoms with Gasteiger partial charge >= 0.3 is 0 Å². The van der Waals surface area contributed by atoms with E-state index in [0.717, 1.165) is 17.1 Å². The van der Waals surface area contributed by atoms with E-state index in [-0.39, 0.29) is 0 Å². The van der Waals surface area contributed by atoms with E-state index in [1.165, 1.54) is 21.6 Å². The van der Waals surface area contributed by atoms with E-state index in [0.29, 0.717) is 0 Å². The summed E-state index contributed by atoms with van der Waals surface area (Å²) < 4.78 is 4.50. The average Bonchev–Trinajstić information content (AvgIpc) is 3.05. The molecule has 90 valence electrons. The monoisotopic (exact) mass is 265 g/mol. The quantitative estimate of drug-likeness (QED) is 0.402. The number of thiazole rings is 1. The molecule has 5 heterocycles. The number of hydrogen-bond donors (Lipinski definition) is 0. The Morgan fingerprint density at radius 2 is 2.05 bits per heavy atom. The number of pyridine rings is 2. The molecule has 0 radical (unpaired) electrons. The Labute approximate surface area is 112 Å². The molecule has 19 heavy (non-hydrogen) atoms. The van der Waals surface area contributed by atoms with Crippen LogP contribution in [0.5, 0.6) is 0 Å². The lowest BCUT2D eigenvalue weighted by Crippen LogP contribution is -2.29. The molecule has 4 aromatic rings. The van der Waals surface area contributed by atoms with Crippen LogP contribution in [0, 0.1) is 0 Å². The van der Waals surface area contributed by atoms with Gasteiger partial charge in [0.1, 0.15) is 12.2 Å². The summed E-state index contributed by atoms with van der Waals surface area (Å²) in [6.45, 7) is 0.911. The summed E-state index contributed by atoms with van der Waals surface area (Å²) in [5.74, 6) is 0. The molecule has 0 aromatic carbocycles. The third-order valence-corrected chi connectivity index (χ3v) is 4.71. The summed E-state index contributed by atoms with van der Waals surface area (Å²) in [6.07, 6.45) is 5.87. The van der Waals surface area contributed by atoms with Crippen molar-refractivity contribution in [3.8, 4) is 11.4 Å². The van der Waals surface area contributed by atoms with Crippen LogP contribution in [-0.4, -0.2) is 14.4 Å². The molecule has 0 saturated carbocycles. The first-order chi connectivity index (χ1) is 9.42. The first-order valence-electron chi connectivity index (χ1n) is 6.14. The van der Waals surface area contributed by atoms with Crippen LogP contribution in [0.3, 0.4) is 0 Å². The van der Waals surface area contributed by atoms with Gasteiger partial charge in [-0.25, -0.2) is 9.55 Å². The van der Waals surface area contributed by atoms with Crippen LogP contribution in [-0.2, 0) is 6.54 Å². The molecular weight excluding hydrogens is 256 g/mol. The molecule has 5 heteroatoms. The number of fused-ring (bicyclic) bond motifs is 7. The van der Waals surface area contributed by atoms with Gasteiger partial charge in [-0.1, -0.05) is 17.4 Å². The number of imidazole rings is 1.